The maximum atomic E-state index is 11.5. The summed E-state index contributed by atoms with van der Waals surface area (Å²) in [6.45, 7) is 2.37. The van der Waals surface area contributed by atoms with Crippen LogP contribution in [-0.2, 0) is 19.2 Å². The highest BCUT2D eigenvalue weighted by Crippen LogP contribution is 2.39. The second-order valence-electron chi connectivity index (χ2n) is 4.37. The zero-order chi connectivity index (χ0) is 14.3. The molecule has 0 radical (unpaired) electrons. The molecular weight excluding hydrogens is 286 g/mol. The molecule has 2 amide bonds. The minimum Gasteiger partial charge on any atom is -0.330 e. The first kappa shape index (κ1) is 16.4. The van der Waals surface area contributed by atoms with Crippen LogP contribution in [0.3, 0.4) is 0 Å². The molecule has 1 unspecified atom stereocenters. The summed E-state index contributed by atoms with van der Waals surface area (Å²) < 4.78 is 0. The summed E-state index contributed by atoms with van der Waals surface area (Å²) in [6, 6.07) is 0. The first-order chi connectivity index (χ1) is 9.00. The van der Waals surface area contributed by atoms with E-state index in [1.54, 1.807) is 0 Å². The van der Waals surface area contributed by atoms with Crippen molar-refractivity contribution in [2.45, 2.75) is 51.2 Å². The number of hydroxylamine groups is 2. The maximum Gasteiger partial charge on any atom is 0.333 e. The predicted octanol–water partition coefficient (Wildman–Crippen LogP) is 2.55. The predicted molar refractivity (Wildman–Crippen MR) is 76.2 cm³/mol. The normalized spacial score (nSPS) is 18.1. The van der Waals surface area contributed by atoms with Crippen molar-refractivity contribution in [1.29, 1.82) is 0 Å². The highest BCUT2D eigenvalue weighted by atomic mass is 33.1. The maximum absolute atomic E-state index is 11.5. The van der Waals surface area contributed by atoms with Gasteiger partial charge in [0.25, 0.3) is 11.8 Å². The lowest BCUT2D eigenvalue weighted by atomic mass is 10.1. The molecule has 0 aromatic carbocycles. The molecule has 1 fully saturated rings. The molecule has 1 heterocycles. The summed E-state index contributed by atoms with van der Waals surface area (Å²) in [5.41, 5.74) is 0. The zero-order valence-corrected chi connectivity index (χ0v) is 12.8. The number of hydrogen-bond acceptors (Lipinski definition) is 6. The fraction of sp³-hybridized carbons (Fsp3) is 0.750. The number of amides is 2. The van der Waals surface area contributed by atoms with Crippen LogP contribution in [0.5, 0.6) is 0 Å². The molecule has 1 aliphatic heterocycles. The van der Waals surface area contributed by atoms with Crippen molar-refractivity contribution in [3.63, 3.8) is 0 Å². The summed E-state index contributed by atoms with van der Waals surface area (Å²) in [5.74, 6) is -0.483. The van der Waals surface area contributed by atoms with Gasteiger partial charge in [0.1, 0.15) is 0 Å². The van der Waals surface area contributed by atoms with E-state index in [2.05, 4.69) is 0 Å². The van der Waals surface area contributed by atoms with E-state index in [9.17, 15) is 14.4 Å². The summed E-state index contributed by atoms with van der Waals surface area (Å²) in [7, 11) is 3.83. The van der Waals surface area contributed by atoms with Crippen molar-refractivity contribution in [1.82, 2.24) is 5.06 Å². The second kappa shape index (κ2) is 8.47. The SMILES string of the molecule is CC(=O)N(OC(=O)CCCCC1CCSS1)C(C)=O. The van der Waals surface area contributed by atoms with Crippen LogP contribution in [0.4, 0.5) is 0 Å². The van der Waals surface area contributed by atoms with Crippen molar-refractivity contribution < 1.29 is 19.2 Å². The molecule has 5 nitrogen and oxygen atoms in total. The molecule has 0 aromatic rings. The van der Waals surface area contributed by atoms with Crippen molar-refractivity contribution in [2.75, 3.05) is 5.75 Å². The van der Waals surface area contributed by atoms with E-state index in [0.29, 0.717) is 10.3 Å². The standard InChI is InChI=1S/C12H19NO4S2/c1-9(14)13(10(2)15)17-12(16)6-4-3-5-11-7-8-18-19-11/h11H,3-8H2,1-2H3. The van der Waals surface area contributed by atoms with Gasteiger partial charge < -0.3 is 4.84 Å². The minimum absolute atomic E-state index is 0.238. The highest BCUT2D eigenvalue weighted by Gasteiger charge is 2.20. The average Bonchev–Trinajstić information content (AvgIpc) is 2.84. The van der Waals surface area contributed by atoms with Gasteiger partial charge in [0.2, 0.25) is 0 Å². The fourth-order valence-electron chi connectivity index (χ4n) is 1.70. The molecule has 0 aromatic heterocycles. The van der Waals surface area contributed by atoms with Crippen LogP contribution in [0.1, 0.15) is 46.0 Å². The Kier molecular flexibility index (Phi) is 7.30. The molecular formula is C12H19NO4S2. The van der Waals surface area contributed by atoms with Gasteiger partial charge in [0.15, 0.2) is 0 Å². The average molecular weight is 305 g/mol. The fourth-order valence-corrected chi connectivity index (χ4v) is 4.73. The van der Waals surface area contributed by atoms with E-state index < -0.39 is 17.8 Å². The van der Waals surface area contributed by atoms with Gasteiger partial charge in [-0.1, -0.05) is 28.0 Å². The quantitative estimate of drug-likeness (QED) is 0.442. The van der Waals surface area contributed by atoms with Crippen LogP contribution in [0, 0.1) is 0 Å². The van der Waals surface area contributed by atoms with Crippen molar-refractivity contribution in [2.24, 2.45) is 0 Å². The smallest absolute Gasteiger partial charge is 0.330 e. The Labute approximate surface area is 121 Å². The second-order valence-corrected chi connectivity index (χ2v) is 7.16. The van der Waals surface area contributed by atoms with Crippen molar-refractivity contribution in [3.05, 3.63) is 0 Å². The molecule has 0 N–H and O–H groups in total. The zero-order valence-electron chi connectivity index (χ0n) is 11.2. The molecule has 1 aliphatic rings. The largest absolute Gasteiger partial charge is 0.333 e. The van der Waals surface area contributed by atoms with Crippen LogP contribution in [0.15, 0.2) is 0 Å². The summed E-state index contributed by atoms with van der Waals surface area (Å²) in [6.07, 6.45) is 4.27. The van der Waals surface area contributed by atoms with E-state index in [0.717, 1.165) is 19.3 Å². The van der Waals surface area contributed by atoms with Gasteiger partial charge >= 0.3 is 5.97 Å². The molecule has 0 bridgehead atoms. The Morgan fingerprint density at radius 3 is 2.42 bits per heavy atom. The molecule has 108 valence electrons. The molecule has 19 heavy (non-hydrogen) atoms. The third kappa shape index (κ3) is 6.33. The number of hydrogen-bond donors (Lipinski definition) is 0. The number of carbonyl (C=O) groups excluding carboxylic acids is 3. The number of nitrogens with zero attached hydrogens (tertiary/aromatic N) is 1. The van der Waals surface area contributed by atoms with Gasteiger partial charge in [-0.25, -0.2) is 4.79 Å². The van der Waals surface area contributed by atoms with E-state index >= 15 is 0 Å². The van der Waals surface area contributed by atoms with Gasteiger partial charge in [-0.05, 0) is 19.3 Å². The lowest BCUT2D eigenvalue weighted by molar-refractivity contribution is -0.200. The van der Waals surface area contributed by atoms with E-state index in [1.165, 1.54) is 26.0 Å². The van der Waals surface area contributed by atoms with Gasteiger partial charge in [0, 0.05) is 31.3 Å². The third-order valence-electron chi connectivity index (χ3n) is 2.65. The summed E-state index contributed by atoms with van der Waals surface area (Å²) in [5, 5.41) is 1.21. The molecule has 1 rings (SSSR count). The molecule has 1 atom stereocenters. The van der Waals surface area contributed by atoms with Gasteiger partial charge in [-0.15, -0.1) is 5.06 Å². The van der Waals surface area contributed by atoms with Crippen molar-refractivity contribution in [3.8, 4) is 0 Å². The molecule has 0 spiro atoms. The molecule has 0 aliphatic carbocycles. The summed E-state index contributed by atoms with van der Waals surface area (Å²) >= 11 is 0. The van der Waals surface area contributed by atoms with Gasteiger partial charge in [-0.3, -0.25) is 9.59 Å². The number of unbranched alkanes of at least 4 members (excludes halogenated alkanes) is 1. The Bertz CT molecular complexity index is 329. The first-order valence-corrected chi connectivity index (χ1v) is 8.69. The topological polar surface area (TPSA) is 63.7 Å². The first-order valence-electron chi connectivity index (χ1n) is 6.31. The number of imide groups is 1. The lowest BCUT2D eigenvalue weighted by Gasteiger charge is -2.15. The molecule has 0 saturated carbocycles. The lowest BCUT2D eigenvalue weighted by Crippen LogP contribution is -2.35. The van der Waals surface area contributed by atoms with E-state index in [-0.39, 0.29) is 6.42 Å². The molecule has 7 heteroatoms. The van der Waals surface area contributed by atoms with Gasteiger partial charge in [-0.2, -0.15) is 0 Å². The van der Waals surface area contributed by atoms with Crippen LogP contribution in [-0.4, -0.2) is 33.8 Å². The third-order valence-corrected chi connectivity index (χ3v) is 5.66. The van der Waals surface area contributed by atoms with Crippen LogP contribution < -0.4 is 0 Å². The van der Waals surface area contributed by atoms with E-state index in [1.807, 2.05) is 21.6 Å². The van der Waals surface area contributed by atoms with Gasteiger partial charge in [0.05, 0.1) is 0 Å². The number of carbonyl (C=O) groups is 3. The monoisotopic (exact) mass is 305 g/mol. The van der Waals surface area contributed by atoms with Crippen LogP contribution in [0.25, 0.3) is 0 Å². The number of rotatable bonds is 5. The van der Waals surface area contributed by atoms with Crippen LogP contribution >= 0.6 is 21.6 Å². The minimum atomic E-state index is -0.583. The Morgan fingerprint density at radius 2 is 1.89 bits per heavy atom. The van der Waals surface area contributed by atoms with Crippen LogP contribution in [0.2, 0.25) is 0 Å². The Balaban J connectivity index is 2.16. The Hall–Kier alpha value is -0.690. The molecule has 1 saturated heterocycles. The van der Waals surface area contributed by atoms with Crippen molar-refractivity contribution >= 4 is 39.4 Å². The Morgan fingerprint density at radius 1 is 1.21 bits per heavy atom. The highest BCUT2D eigenvalue weighted by molar-refractivity contribution is 8.77. The van der Waals surface area contributed by atoms with E-state index in [4.69, 9.17) is 4.84 Å². The summed E-state index contributed by atoms with van der Waals surface area (Å²) in [4.78, 5) is 38.3.